The van der Waals surface area contributed by atoms with Gasteiger partial charge in [-0.3, -0.25) is 0 Å². The lowest BCUT2D eigenvalue weighted by molar-refractivity contribution is 0.0755. The highest BCUT2D eigenvalue weighted by molar-refractivity contribution is 7.99. The van der Waals surface area contributed by atoms with Gasteiger partial charge in [0.15, 0.2) is 0 Å². The lowest BCUT2D eigenvalue weighted by Crippen LogP contribution is -2.42. The molecule has 2 aliphatic heterocycles. The fourth-order valence-electron chi connectivity index (χ4n) is 2.65. The second-order valence-corrected chi connectivity index (χ2v) is 5.93. The quantitative estimate of drug-likeness (QED) is 0.847. The van der Waals surface area contributed by atoms with Crippen LogP contribution in [0, 0.1) is 0 Å². The van der Waals surface area contributed by atoms with E-state index in [4.69, 9.17) is 0 Å². The number of benzene rings is 1. The average molecular weight is 235 g/mol. The zero-order valence-corrected chi connectivity index (χ0v) is 10.2. The van der Waals surface area contributed by atoms with Gasteiger partial charge in [0, 0.05) is 24.5 Å². The zero-order chi connectivity index (χ0) is 11.0. The molecule has 1 N–H and O–H groups in total. The molecule has 0 amide bonds. The van der Waals surface area contributed by atoms with E-state index in [0.717, 1.165) is 37.4 Å². The number of anilines is 1. The molecule has 0 aromatic heterocycles. The van der Waals surface area contributed by atoms with Crippen LogP contribution in [0.15, 0.2) is 24.3 Å². The first-order valence-corrected chi connectivity index (χ1v) is 7.05. The minimum absolute atomic E-state index is 0.456. The van der Waals surface area contributed by atoms with Crippen molar-refractivity contribution in [1.29, 1.82) is 0 Å². The number of hydrogen-bond donors (Lipinski definition) is 1. The van der Waals surface area contributed by atoms with Crippen molar-refractivity contribution >= 4 is 17.4 Å². The van der Waals surface area contributed by atoms with Gasteiger partial charge in [-0.2, -0.15) is 11.8 Å². The lowest BCUT2D eigenvalue weighted by atomic mass is 10.0. The number of aliphatic hydroxyl groups is 1. The normalized spacial score (nSPS) is 28.4. The summed E-state index contributed by atoms with van der Waals surface area (Å²) in [5, 5.41) is 10.4. The molecule has 0 spiro atoms. The van der Waals surface area contributed by atoms with E-state index >= 15 is 0 Å². The van der Waals surface area contributed by atoms with Crippen molar-refractivity contribution in [2.24, 2.45) is 0 Å². The van der Waals surface area contributed by atoms with Gasteiger partial charge in [0.2, 0.25) is 0 Å². The van der Waals surface area contributed by atoms with Crippen molar-refractivity contribution in [3.63, 3.8) is 0 Å². The summed E-state index contributed by atoms with van der Waals surface area (Å²) < 4.78 is 0. The van der Waals surface area contributed by atoms with E-state index < -0.39 is 5.60 Å². The smallest absolute Gasteiger partial charge is 0.0919 e. The summed E-state index contributed by atoms with van der Waals surface area (Å²) in [7, 11) is 0. The maximum Gasteiger partial charge on any atom is 0.0919 e. The highest BCUT2D eigenvalue weighted by Crippen LogP contribution is 2.33. The summed E-state index contributed by atoms with van der Waals surface area (Å²) in [6, 6.07) is 8.56. The van der Waals surface area contributed by atoms with Crippen molar-refractivity contribution in [3.05, 3.63) is 29.8 Å². The third kappa shape index (κ3) is 1.82. The molecule has 1 saturated heterocycles. The van der Waals surface area contributed by atoms with Crippen LogP contribution in [-0.2, 0) is 6.42 Å². The molecule has 1 fully saturated rings. The zero-order valence-electron chi connectivity index (χ0n) is 9.35. The Morgan fingerprint density at radius 2 is 2.25 bits per heavy atom. The van der Waals surface area contributed by atoms with Crippen LogP contribution < -0.4 is 4.90 Å². The third-order valence-corrected chi connectivity index (χ3v) is 4.79. The first-order chi connectivity index (χ1) is 7.77. The fraction of sp³-hybridized carbons (Fsp3) is 0.538. The van der Waals surface area contributed by atoms with Crippen LogP contribution in [0.1, 0.15) is 12.0 Å². The largest absolute Gasteiger partial charge is 0.387 e. The molecule has 2 aliphatic rings. The van der Waals surface area contributed by atoms with Gasteiger partial charge >= 0.3 is 0 Å². The van der Waals surface area contributed by atoms with Crippen LogP contribution >= 0.6 is 11.8 Å². The third-order valence-electron chi connectivity index (χ3n) is 3.55. The predicted octanol–water partition coefficient (Wildman–Crippen LogP) is 1.92. The number of rotatable bonds is 2. The summed E-state index contributed by atoms with van der Waals surface area (Å²) in [5.41, 5.74) is 2.30. The van der Waals surface area contributed by atoms with Crippen LogP contribution in [0.25, 0.3) is 0 Å². The number of fused-ring (bicyclic) bond motifs is 1. The first kappa shape index (κ1) is 10.5. The molecule has 0 radical (unpaired) electrons. The standard InChI is InChI=1S/C13H17NOS/c15-13(6-8-16-10-13)9-14-7-5-11-3-1-2-4-12(11)14/h1-4,15H,5-10H2. The van der Waals surface area contributed by atoms with E-state index in [1.165, 1.54) is 11.3 Å². The van der Waals surface area contributed by atoms with Gasteiger partial charge in [-0.05, 0) is 30.2 Å². The highest BCUT2D eigenvalue weighted by Gasteiger charge is 2.35. The van der Waals surface area contributed by atoms with Crippen molar-refractivity contribution in [2.75, 3.05) is 29.5 Å². The van der Waals surface area contributed by atoms with Crippen molar-refractivity contribution in [3.8, 4) is 0 Å². The van der Waals surface area contributed by atoms with E-state index in [0.29, 0.717) is 0 Å². The van der Waals surface area contributed by atoms with Crippen LogP contribution in [0.4, 0.5) is 5.69 Å². The first-order valence-electron chi connectivity index (χ1n) is 5.90. The molecular weight excluding hydrogens is 218 g/mol. The van der Waals surface area contributed by atoms with Gasteiger partial charge in [-0.25, -0.2) is 0 Å². The Kier molecular flexibility index (Phi) is 2.60. The molecule has 1 aromatic carbocycles. The average Bonchev–Trinajstić information content (AvgIpc) is 2.87. The van der Waals surface area contributed by atoms with Crippen LogP contribution in [0.2, 0.25) is 0 Å². The Labute approximate surface area is 101 Å². The molecule has 16 heavy (non-hydrogen) atoms. The lowest BCUT2D eigenvalue weighted by Gasteiger charge is -2.29. The van der Waals surface area contributed by atoms with Gasteiger partial charge in [0.1, 0.15) is 0 Å². The number of hydrogen-bond acceptors (Lipinski definition) is 3. The highest BCUT2D eigenvalue weighted by atomic mass is 32.2. The van der Waals surface area contributed by atoms with Gasteiger partial charge in [0.25, 0.3) is 0 Å². The molecule has 86 valence electrons. The minimum Gasteiger partial charge on any atom is -0.387 e. The summed E-state index contributed by atoms with van der Waals surface area (Å²) in [5.74, 6) is 2.00. The van der Waals surface area contributed by atoms with E-state index in [-0.39, 0.29) is 0 Å². The topological polar surface area (TPSA) is 23.5 Å². The van der Waals surface area contributed by atoms with Crippen molar-refractivity contribution < 1.29 is 5.11 Å². The SMILES string of the molecule is OC1(CN2CCc3ccccc32)CCSC1. The number of nitrogens with zero attached hydrogens (tertiary/aromatic N) is 1. The van der Waals surface area contributed by atoms with Crippen LogP contribution in [-0.4, -0.2) is 35.3 Å². The summed E-state index contributed by atoms with van der Waals surface area (Å²) in [6.07, 6.45) is 2.07. The van der Waals surface area contributed by atoms with Gasteiger partial charge in [-0.15, -0.1) is 0 Å². The van der Waals surface area contributed by atoms with Gasteiger partial charge < -0.3 is 10.0 Å². The Morgan fingerprint density at radius 3 is 3.06 bits per heavy atom. The molecule has 1 atom stereocenters. The predicted molar refractivity (Wildman–Crippen MR) is 69.3 cm³/mol. The number of β-amino-alcohol motifs (C(OH)–C–C–N with tert-alkyl or cyclic N) is 1. The van der Waals surface area contributed by atoms with Gasteiger partial charge in [0.05, 0.1) is 5.60 Å². The molecule has 2 heterocycles. The van der Waals surface area contributed by atoms with Crippen LogP contribution in [0.3, 0.4) is 0 Å². The molecule has 0 aliphatic carbocycles. The number of para-hydroxylation sites is 1. The van der Waals surface area contributed by atoms with Crippen molar-refractivity contribution in [2.45, 2.75) is 18.4 Å². The maximum absolute atomic E-state index is 10.4. The van der Waals surface area contributed by atoms with Gasteiger partial charge in [-0.1, -0.05) is 18.2 Å². The second kappa shape index (κ2) is 3.97. The summed E-state index contributed by atoms with van der Waals surface area (Å²) >= 11 is 1.87. The number of thioether (sulfide) groups is 1. The second-order valence-electron chi connectivity index (χ2n) is 4.83. The Morgan fingerprint density at radius 1 is 1.38 bits per heavy atom. The summed E-state index contributed by atoms with van der Waals surface area (Å²) in [4.78, 5) is 2.35. The molecule has 1 unspecified atom stereocenters. The Hall–Kier alpha value is -0.670. The maximum atomic E-state index is 10.4. The van der Waals surface area contributed by atoms with E-state index in [9.17, 15) is 5.11 Å². The summed E-state index contributed by atoms with van der Waals surface area (Å²) in [6.45, 7) is 1.86. The van der Waals surface area contributed by atoms with E-state index in [1.807, 2.05) is 11.8 Å². The molecule has 3 rings (SSSR count). The fourth-order valence-corrected chi connectivity index (χ4v) is 3.93. The molecule has 0 bridgehead atoms. The molecule has 2 nitrogen and oxygen atoms in total. The molecular formula is C13H17NOS. The molecule has 1 aromatic rings. The van der Waals surface area contributed by atoms with E-state index in [2.05, 4.69) is 29.2 Å². The molecule has 0 saturated carbocycles. The van der Waals surface area contributed by atoms with Crippen molar-refractivity contribution in [1.82, 2.24) is 0 Å². The van der Waals surface area contributed by atoms with E-state index in [1.54, 1.807) is 0 Å². The Bertz CT molecular complexity index is 387. The monoisotopic (exact) mass is 235 g/mol. The van der Waals surface area contributed by atoms with Crippen LogP contribution in [0.5, 0.6) is 0 Å². The minimum atomic E-state index is -0.456. The molecule has 3 heteroatoms. The Balaban J connectivity index is 1.78.